The second-order valence-electron chi connectivity index (χ2n) is 24.1. The van der Waals surface area contributed by atoms with Crippen LogP contribution in [0.3, 0.4) is 0 Å². The van der Waals surface area contributed by atoms with Gasteiger partial charge in [0.15, 0.2) is 0 Å². The van der Waals surface area contributed by atoms with E-state index in [2.05, 4.69) is 56.7 Å². The number of hydrogen-bond donors (Lipinski definition) is 3. The fourth-order valence-electron chi connectivity index (χ4n) is 12.5. The van der Waals surface area contributed by atoms with Crippen molar-refractivity contribution >= 4 is 72.8 Å². The smallest absolute Gasteiger partial charge is 0.272 e. The molecule has 1 saturated carbocycles. The third-order valence-corrected chi connectivity index (χ3v) is 17.3. The van der Waals surface area contributed by atoms with Gasteiger partial charge in [-0.2, -0.15) is 5.10 Å². The number of halogens is 2. The molecule has 4 aliphatic rings. The van der Waals surface area contributed by atoms with Crippen LogP contribution in [0.4, 0.5) is 8.78 Å². The highest BCUT2D eigenvalue weighted by Crippen LogP contribution is 2.36. The van der Waals surface area contributed by atoms with Crippen LogP contribution in [0.2, 0.25) is 0 Å². The molecule has 14 rings (SSSR count). The van der Waals surface area contributed by atoms with E-state index in [1.54, 1.807) is 65.4 Å². The number of aromatic amines is 1. The van der Waals surface area contributed by atoms with Gasteiger partial charge < -0.3 is 30.3 Å². The highest BCUT2D eigenvalue weighted by Gasteiger charge is 2.36. The number of benzene rings is 6. The number of nitrogens with one attached hydrogen (secondary N) is 3. The molecule has 18 heteroatoms. The summed E-state index contributed by atoms with van der Waals surface area (Å²) in [7, 11) is 5.40. The van der Waals surface area contributed by atoms with E-state index < -0.39 is 5.92 Å². The maximum atomic E-state index is 13.4. The monoisotopic (exact) mass is 1190 g/mol. The van der Waals surface area contributed by atoms with Crippen LogP contribution in [0.15, 0.2) is 151 Å². The number of aryl methyl sites for hydroxylation is 1. The van der Waals surface area contributed by atoms with Crippen molar-refractivity contribution in [2.24, 2.45) is 13.0 Å². The maximum absolute atomic E-state index is 13.4. The molecule has 4 aromatic heterocycles. The number of pyridine rings is 3. The van der Waals surface area contributed by atoms with Crippen molar-refractivity contribution in [3.05, 3.63) is 196 Å². The van der Waals surface area contributed by atoms with Crippen molar-refractivity contribution < 1.29 is 32.8 Å². The molecular weight excluding hydrogens is 1130 g/mol. The van der Waals surface area contributed by atoms with Crippen LogP contribution >= 0.6 is 0 Å². The Kier molecular flexibility index (Phi) is 16.4. The van der Waals surface area contributed by atoms with Crippen LogP contribution in [0, 0.1) is 5.92 Å². The van der Waals surface area contributed by atoms with Gasteiger partial charge in [-0.05, 0) is 130 Å². The SMILES string of the molecule is CC(C)CNC(=O)c1ccc2c(-c3cnc4c(c3)CN(C)C4=O)cccc2c1.CN1Cc2cc(-c3cccc4cc(C(=O)NC5CCCCC5)ccc34)cnc2C1=O.Cn1nc2cc(C(=O)N3CCC(F)(F)CC3)ccc2c1-c1ccc2c(=O)[nH]ccc2c1. The predicted molar refractivity (Wildman–Crippen MR) is 342 cm³/mol. The average Bonchev–Trinajstić information content (AvgIpc) is 2.54. The van der Waals surface area contributed by atoms with Crippen molar-refractivity contribution in [1.29, 1.82) is 0 Å². The van der Waals surface area contributed by atoms with Crippen LogP contribution in [0.1, 0.15) is 122 Å². The summed E-state index contributed by atoms with van der Waals surface area (Å²) in [6.07, 6.45) is 10.3. The van der Waals surface area contributed by atoms with Crippen LogP contribution in [0.5, 0.6) is 0 Å². The number of hydrogen-bond acceptors (Lipinski definition) is 9. The number of likely N-dealkylation sites (tertiary alicyclic amines) is 1. The zero-order valence-corrected chi connectivity index (χ0v) is 50.3. The van der Waals surface area contributed by atoms with Crippen LogP contribution in [0.25, 0.3) is 76.7 Å². The third kappa shape index (κ3) is 12.4. The second-order valence-corrected chi connectivity index (χ2v) is 24.1. The number of carbonyl (C=O) groups excluding carboxylic acids is 5. The average molecular weight is 1200 g/mol. The summed E-state index contributed by atoms with van der Waals surface area (Å²) in [4.78, 5) is 90.4. The van der Waals surface area contributed by atoms with Gasteiger partial charge in [0.25, 0.3) is 41.0 Å². The van der Waals surface area contributed by atoms with Crippen LogP contribution < -0.4 is 16.2 Å². The fraction of sp³-hybridized carbons (Fsp3) is 0.282. The minimum Gasteiger partial charge on any atom is -0.352 e. The lowest BCUT2D eigenvalue weighted by Gasteiger charge is -2.31. The third-order valence-electron chi connectivity index (χ3n) is 17.3. The standard InChI is InChI=1S/C25H25N3O2.C23H20F2N4O2.C23H23N3O2/c1-28-15-19-13-18(14-26-23(19)25(28)30)21-9-5-6-16-12-17(10-11-22(16)21)24(29)27-20-7-3-2-4-8-20;1-28-20(15-2-4-17-14(12-15)6-9-26-21(17)30)18-5-3-16(13-19(18)27-28)22(31)29-10-7-23(24,25)8-11-29;1-14(2)11-25-22(27)16-7-8-20-15(9-16)5-4-6-19(20)17-10-18-13-26(3)23(28)21(18)24-12-17/h5-6,9-14,20H,2-4,7-8,15H2,1H3,(H,27,29);2-6,9,12-13H,7-8,10-11H2,1H3,(H,26,30);4-10,12,14H,11,13H2,1-3H3,(H,25,27). The van der Waals surface area contributed by atoms with Gasteiger partial charge in [-0.25, -0.2) is 8.78 Å². The van der Waals surface area contributed by atoms with E-state index in [0.29, 0.717) is 70.6 Å². The van der Waals surface area contributed by atoms with Gasteiger partial charge in [0.2, 0.25) is 0 Å². The normalized spacial score (nSPS) is 15.4. The first-order valence-electron chi connectivity index (χ1n) is 30.3. The van der Waals surface area contributed by atoms with Gasteiger partial charge in [0.05, 0.1) is 11.2 Å². The van der Waals surface area contributed by atoms with Gasteiger partial charge in [0.1, 0.15) is 11.4 Å². The molecule has 0 bridgehead atoms. The summed E-state index contributed by atoms with van der Waals surface area (Å²) >= 11 is 0. The van der Waals surface area contributed by atoms with E-state index in [1.165, 1.54) is 24.2 Å². The number of H-pyrrole nitrogens is 1. The lowest BCUT2D eigenvalue weighted by molar-refractivity contribution is -0.0494. The van der Waals surface area contributed by atoms with Crippen molar-refractivity contribution in [1.82, 2.24) is 50.1 Å². The first-order chi connectivity index (χ1) is 42.9. The van der Waals surface area contributed by atoms with E-state index in [9.17, 15) is 37.5 Å². The number of carbonyl (C=O) groups is 5. The summed E-state index contributed by atoms with van der Waals surface area (Å²) < 4.78 is 28.6. The Balaban J connectivity index is 0.000000130. The second kappa shape index (κ2) is 24.7. The van der Waals surface area contributed by atoms with Crippen molar-refractivity contribution in [3.8, 4) is 33.5 Å². The summed E-state index contributed by atoms with van der Waals surface area (Å²) in [5.41, 5.74) is 11.1. The molecule has 1 saturated heterocycles. The molecule has 2 fully saturated rings. The molecule has 0 atom stereocenters. The molecule has 3 N–H and O–H groups in total. The number of piperidine rings is 1. The molecular formula is C71H68F2N10O6. The van der Waals surface area contributed by atoms with Crippen molar-refractivity contribution in [3.63, 3.8) is 0 Å². The molecule has 0 unspecified atom stereocenters. The summed E-state index contributed by atoms with van der Waals surface area (Å²) in [6, 6.07) is 40.9. The Morgan fingerprint density at radius 3 is 1.76 bits per heavy atom. The maximum Gasteiger partial charge on any atom is 0.272 e. The predicted octanol–water partition coefficient (Wildman–Crippen LogP) is 12.4. The topological polar surface area (TPSA) is 196 Å². The zero-order valence-electron chi connectivity index (χ0n) is 50.3. The number of alkyl halides is 2. The van der Waals surface area contributed by atoms with Crippen LogP contribution in [-0.2, 0) is 20.1 Å². The lowest BCUT2D eigenvalue weighted by Crippen LogP contribution is -2.42. The molecule has 6 aromatic carbocycles. The van der Waals surface area contributed by atoms with Gasteiger partial charge in [0, 0.05) is 147 Å². The van der Waals surface area contributed by atoms with Crippen LogP contribution in [-0.4, -0.2) is 115 Å². The Hall–Kier alpha value is -9.97. The molecule has 3 aliphatic heterocycles. The Morgan fingerprint density at radius 2 is 1.17 bits per heavy atom. The van der Waals surface area contributed by atoms with Crippen molar-refractivity contribution in [2.75, 3.05) is 33.7 Å². The van der Waals surface area contributed by atoms with E-state index in [-0.39, 0.29) is 61.0 Å². The van der Waals surface area contributed by atoms with E-state index in [0.717, 1.165) is 89.8 Å². The van der Waals surface area contributed by atoms with E-state index >= 15 is 0 Å². The van der Waals surface area contributed by atoms with Gasteiger partial charge in [-0.1, -0.05) is 87.7 Å². The molecule has 10 aromatic rings. The van der Waals surface area contributed by atoms with Gasteiger partial charge >= 0.3 is 0 Å². The minimum atomic E-state index is -2.69. The van der Waals surface area contributed by atoms with Gasteiger partial charge in [-0.3, -0.25) is 43.4 Å². The molecule has 89 heavy (non-hydrogen) atoms. The number of fused-ring (bicyclic) bond motifs is 6. The first-order valence-corrected chi connectivity index (χ1v) is 30.3. The Labute approximate surface area is 513 Å². The molecule has 7 heterocycles. The summed E-state index contributed by atoms with van der Waals surface area (Å²) in [6.45, 7) is 6.07. The van der Waals surface area contributed by atoms with Crippen molar-refractivity contribution in [2.45, 2.75) is 83.8 Å². The highest BCUT2D eigenvalue weighted by molar-refractivity contribution is 6.06. The number of amides is 5. The molecule has 16 nitrogen and oxygen atoms in total. The lowest BCUT2D eigenvalue weighted by atomic mass is 9.94. The number of nitrogens with zero attached hydrogens (tertiary/aromatic N) is 7. The van der Waals surface area contributed by atoms with E-state index in [1.807, 2.05) is 104 Å². The van der Waals surface area contributed by atoms with Gasteiger partial charge in [-0.15, -0.1) is 0 Å². The molecule has 5 amide bonds. The molecule has 0 spiro atoms. The number of aromatic nitrogens is 5. The summed E-state index contributed by atoms with van der Waals surface area (Å²) in [5, 5.41) is 17.2. The highest BCUT2D eigenvalue weighted by atomic mass is 19.3. The fourth-order valence-corrected chi connectivity index (χ4v) is 12.5. The first kappa shape index (κ1) is 59.4. The minimum absolute atomic E-state index is 0.00921. The molecule has 0 radical (unpaired) electrons. The Morgan fingerprint density at radius 1 is 0.618 bits per heavy atom. The largest absolute Gasteiger partial charge is 0.352 e. The zero-order chi connectivity index (χ0) is 62.3. The quantitative estimate of drug-likeness (QED) is 0.126. The molecule has 452 valence electrons. The van der Waals surface area contributed by atoms with E-state index in [4.69, 9.17) is 0 Å². The summed E-state index contributed by atoms with van der Waals surface area (Å²) in [5.74, 6) is -2.64. The number of rotatable bonds is 9. The Bertz CT molecular complexity index is 4520. The molecule has 1 aliphatic carbocycles.